The summed E-state index contributed by atoms with van der Waals surface area (Å²) >= 11 is 8.37. The van der Waals surface area contributed by atoms with Gasteiger partial charge in [-0.1, -0.05) is 11.6 Å². The van der Waals surface area contributed by atoms with Gasteiger partial charge in [0.05, 0.1) is 5.39 Å². The Morgan fingerprint density at radius 1 is 1.33 bits per heavy atom. The fraction of sp³-hybridized carbons (Fsp3) is 0.417. The fourth-order valence-electron chi connectivity index (χ4n) is 2.49. The minimum absolute atomic E-state index is 0.347. The minimum atomic E-state index is 0.347. The highest BCUT2D eigenvalue weighted by Gasteiger charge is 2.23. The molecule has 1 fully saturated rings. The second-order valence-corrected chi connectivity index (χ2v) is 6.04. The molecule has 0 unspecified atom stereocenters. The summed E-state index contributed by atoms with van der Waals surface area (Å²) in [6.07, 6.45) is 6.66. The normalized spacial score (nSPS) is 17.6. The van der Waals surface area contributed by atoms with Crippen LogP contribution in [0.1, 0.15) is 31.7 Å². The van der Waals surface area contributed by atoms with Crippen molar-refractivity contribution in [3.05, 3.63) is 21.2 Å². The molecule has 1 aliphatic rings. The maximum Gasteiger partial charge on any atom is 0.146 e. The lowest BCUT2D eigenvalue weighted by Crippen LogP contribution is -2.17. The van der Waals surface area contributed by atoms with Gasteiger partial charge < -0.3 is 4.57 Å². The molecule has 6 heteroatoms. The molecule has 0 amide bonds. The Bertz CT molecular complexity index is 615. The monoisotopic (exact) mass is 375 g/mol. The van der Waals surface area contributed by atoms with Gasteiger partial charge in [0.25, 0.3) is 0 Å². The second kappa shape index (κ2) is 4.77. The van der Waals surface area contributed by atoms with Gasteiger partial charge in [-0.25, -0.2) is 9.97 Å². The highest BCUT2D eigenvalue weighted by molar-refractivity contribution is 14.1. The Kier molecular flexibility index (Phi) is 3.27. The van der Waals surface area contributed by atoms with Crippen molar-refractivity contribution in [2.75, 3.05) is 0 Å². The number of aromatic nitrogens is 3. The topological polar surface area (TPSA) is 47.8 Å². The SMILES string of the molecule is O=C1CCC(n2cc(I)c3c(Cl)ncnc32)CC1. The van der Waals surface area contributed by atoms with Crippen LogP contribution in [-0.2, 0) is 4.79 Å². The highest BCUT2D eigenvalue weighted by Crippen LogP contribution is 2.33. The number of fused-ring (bicyclic) bond motifs is 1. The molecule has 4 nitrogen and oxygen atoms in total. The lowest BCUT2D eigenvalue weighted by Gasteiger charge is -2.23. The van der Waals surface area contributed by atoms with Crippen LogP contribution < -0.4 is 0 Å². The number of hydrogen-bond donors (Lipinski definition) is 0. The maximum atomic E-state index is 11.3. The van der Waals surface area contributed by atoms with Crippen molar-refractivity contribution in [3.63, 3.8) is 0 Å². The summed E-state index contributed by atoms with van der Waals surface area (Å²) in [5.74, 6) is 0.366. The van der Waals surface area contributed by atoms with Crippen molar-refractivity contribution in [2.24, 2.45) is 0 Å². The molecule has 2 aromatic heterocycles. The van der Waals surface area contributed by atoms with E-state index >= 15 is 0 Å². The summed E-state index contributed by atoms with van der Waals surface area (Å²) in [5.41, 5.74) is 0.874. The zero-order chi connectivity index (χ0) is 12.7. The Morgan fingerprint density at radius 2 is 2.06 bits per heavy atom. The number of halogens is 2. The lowest BCUT2D eigenvalue weighted by molar-refractivity contribution is -0.120. The molecule has 1 saturated carbocycles. The van der Waals surface area contributed by atoms with Gasteiger partial charge in [-0.2, -0.15) is 0 Å². The molecule has 0 N–H and O–H groups in total. The van der Waals surface area contributed by atoms with E-state index < -0.39 is 0 Å². The number of ketones is 1. The third kappa shape index (κ3) is 2.03. The molecule has 2 aromatic rings. The number of Topliss-reactive ketones (excluding diaryl/α,β-unsaturated/α-hetero) is 1. The van der Waals surface area contributed by atoms with Crippen molar-refractivity contribution in [3.8, 4) is 0 Å². The van der Waals surface area contributed by atoms with Crippen LogP contribution in [-0.4, -0.2) is 20.3 Å². The average Bonchev–Trinajstić information content (AvgIpc) is 2.69. The van der Waals surface area contributed by atoms with Crippen LogP contribution in [0.3, 0.4) is 0 Å². The van der Waals surface area contributed by atoms with Crippen LogP contribution in [0.25, 0.3) is 11.0 Å². The van der Waals surface area contributed by atoms with Gasteiger partial charge in [-0.05, 0) is 35.4 Å². The van der Waals surface area contributed by atoms with E-state index in [1.165, 1.54) is 6.33 Å². The van der Waals surface area contributed by atoms with Crippen molar-refractivity contribution in [1.82, 2.24) is 14.5 Å². The van der Waals surface area contributed by atoms with Gasteiger partial charge >= 0.3 is 0 Å². The van der Waals surface area contributed by atoms with Gasteiger partial charge in [0.15, 0.2) is 0 Å². The van der Waals surface area contributed by atoms with Crippen molar-refractivity contribution in [2.45, 2.75) is 31.7 Å². The number of rotatable bonds is 1. The molecule has 0 atom stereocenters. The molecule has 0 bridgehead atoms. The number of nitrogens with zero attached hydrogens (tertiary/aromatic N) is 3. The second-order valence-electron chi connectivity index (χ2n) is 4.52. The highest BCUT2D eigenvalue weighted by atomic mass is 127. The van der Waals surface area contributed by atoms with E-state index in [-0.39, 0.29) is 0 Å². The fourth-order valence-corrected chi connectivity index (χ4v) is 3.67. The van der Waals surface area contributed by atoms with E-state index in [1.807, 2.05) is 0 Å². The van der Waals surface area contributed by atoms with E-state index in [0.717, 1.165) is 27.4 Å². The predicted octanol–water partition coefficient (Wildman–Crippen LogP) is 3.37. The van der Waals surface area contributed by atoms with Crippen molar-refractivity contribution in [1.29, 1.82) is 0 Å². The predicted molar refractivity (Wildman–Crippen MR) is 77.8 cm³/mol. The van der Waals surface area contributed by atoms with Crippen LogP contribution in [0.15, 0.2) is 12.5 Å². The summed E-state index contributed by atoms with van der Waals surface area (Å²) in [6.45, 7) is 0. The zero-order valence-corrected chi connectivity index (χ0v) is 12.5. The molecule has 3 rings (SSSR count). The van der Waals surface area contributed by atoms with E-state index in [2.05, 4.69) is 43.3 Å². The zero-order valence-electron chi connectivity index (χ0n) is 9.57. The molecular formula is C12H11ClIN3O. The summed E-state index contributed by atoms with van der Waals surface area (Å²) in [6, 6.07) is 0.347. The average molecular weight is 376 g/mol. The van der Waals surface area contributed by atoms with E-state index in [9.17, 15) is 4.79 Å². The van der Waals surface area contributed by atoms with Gasteiger partial charge in [-0.3, -0.25) is 4.79 Å². The molecule has 2 heterocycles. The van der Waals surface area contributed by atoms with Crippen LogP contribution in [0.2, 0.25) is 5.15 Å². The van der Waals surface area contributed by atoms with Crippen LogP contribution in [0, 0.1) is 3.57 Å². The summed E-state index contributed by atoms with van der Waals surface area (Å²) in [7, 11) is 0. The minimum Gasteiger partial charge on any atom is -0.328 e. The van der Waals surface area contributed by atoms with Crippen LogP contribution in [0.4, 0.5) is 0 Å². The number of hydrogen-bond acceptors (Lipinski definition) is 3. The first-order valence-electron chi connectivity index (χ1n) is 5.85. The van der Waals surface area contributed by atoms with E-state index in [0.29, 0.717) is 29.8 Å². The summed E-state index contributed by atoms with van der Waals surface area (Å²) in [4.78, 5) is 19.7. The smallest absolute Gasteiger partial charge is 0.146 e. The van der Waals surface area contributed by atoms with E-state index in [1.54, 1.807) is 0 Å². The van der Waals surface area contributed by atoms with Gasteiger partial charge in [0, 0.05) is 28.7 Å². The summed E-state index contributed by atoms with van der Waals surface area (Å²) in [5, 5.41) is 1.41. The van der Waals surface area contributed by atoms with Gasteiger partial charge in [0.1, 0.15) is 22.9 Å². The van der Waals surface area contributed by atoms with Crippen molar-refractivity contribution < 1.29 is 4.79 Å². The Morgan fingerprint density at radius 3 is 2.78 bits per heavy atom. The van der Waals surface area contributed by atoms with E-state index in [4.69, 9.17) is 11.6 Å². The Hall–Kier alpha value is -0.690. The molecule has 0 aliphatic heterocycles. The quantitative estimate of drug-likeness (QED) is 0.567. The van der Waals surface area contributed by atoms with Gasteiger partial charge in [-0.15, -0.1) is 0 Å². The molecule has 0 aromatic carbocycles. The molecule has 94 valence electrons. The molecule has 1 aliphatic carbocycles. The first-order chi connectivity index (χ1) is 8.66. The number of carbonyl (C=O) groups excluding carboxylic acids is 1. The van der Waals surface area contributed by atoms with Gasteiger partial charge in [0.2, 0.25) is 0 Å². The summed E-state index contributed by atoms with van der Waals surface area (Å²) < 4.78 is 3.21. The first-order valence-corrected chi connectivity index (χ1v) is 7.30. The molecule has 0 spiro atoms. The third-order valence-corrected chi connectivity index (χ3v) is 4.53. The third-order valence-electron chi connectivity index (χ3n) is 3.42. The molecule has 18 heavy (non-hydrogen) atoms. The molecule has 0 radical (unpaired) electrons. The van der Waals surface area contributed by atoms with Crippen molar-refractivity contribution >= 4 is 51.0 Å². The lowest BCUT2D eigenvalue weighted by atomic mass is 9.94. The standard InChI is InChI=1S/C12H11ClIN3O/c13-11-10-9(14)5-17(12(10)16-6-15-11)7-1-3-8(18)4-2-7/h5-7H,1-4H2. The molecular weight excluding hydrogens is 365 g/mol. The molecule has 0 saturated heterocycles. The maximum absolute atomic E-state index is 11.3. The Balaban J connectivity index is 2.07. The van der Waals surface area contributed by atoms with Crippen LogP contribution in [0.5, 0.6) is 0 Å². The largest absolute Gasteiger partial charge is 0.328 e. The Labute approximate surface area is 123 Å². The number of carbonyl (C=O) groups is 1. The van der Waals surface area contributed by atoms with Crippen LogP contribution >= 0.6 is 34.2 Å². The first kappa shape index (κ1) is 12.3.